The van der Waals surface area contributed by atoms with Gasteiger partial charge in [-0.3, -0.25) is 0 Å². The molecule has 1 aromatic carbocycles. The van der Waals surface area contributed by atoms with Crippen LogP contribution in [0.5, 0.6) is 0 Å². The lowest BCUT2D eigenvalue weighted by Gasteiger charge is -2.34. The van der Waals surface area contributed by atoms with Gasteiger partial charge in [-0.05, 0) is 55.4 Å². The van der Waals surface area contributed by atoms with Crippen molar-refractivity contribution in [1.82, 2.24) is 0 Å². The molecular formula is C19H31NO. The molecule has 2 rings (SSSR count). The molecule has 0 aliphatic heterocycles. The quantitative estimate of drug-likeness (QED) is 0.757. The highest BCUT2D eigenvalue weighted by atomic mass is 16.5. The SMILES string of the molecule is CC(C)CCOCCC1CC(c2ccccc2)CCC1N. The second-order valence-corrected chi connectivity index (χ2v) is 6.93. The zero-order chi connectivity index (χ0) is 15.1. The average Bonchev–Trinajstić information content (AvgIpc) is 2.49. The highest BCUT2D eigenvalue weighted by Gasteiger charge is 2.28. The van der Waals surface area contributed by atoms with E-state index in [4.69, 9.17) is 10.5 Å². The molecule has 1 aliphatic rings. The van der Waals surface area contributed by atoms with Crippen LogP contribution in [0.4, 0.5) is 0 Å². The van der Waals surface area contributed by atoms with Crippen LogP contribution in [0.25, 0.3) is 0 Å². The molecule has 3 atom stereocenters. The molecule has 1 aliphatic carbocycles. The van der Waals surface area contributed by atoms with Crippen molar-refractivity contribution >= 4 is 0 Å². The summed E-state index contributed by atoms with van der Waals surface area (Å²) in [6.45, 7) is 6.24. The molecule has 0 saturated heterocycles. The van der Waals surface area contributed by atoms with Crippen molar-refractivity contribution in [2.24, 2.45) is 17.6 Å². The lowest BCUT2D eigenvalue weighted by molar-refractivity contribution is 0.0991. The fourth-order valence-electron chi connectivity index (χ4n) is 3.30. The van der Waals surface area contributed by atoms with Gasteiger partial charge in [0.1, 0.15) is 0 Å². The summed E-state index contributed by atoms with van der Waals surface area (Å²) in [5.41, 5.74) is 7.81. The first-order valence-corrected chi connectivity index (χ1v) is 8.55. The molecule has 21 heavy (non-hydrogen) atoms. The summed E-state index contributed by atoms with van der Waals surface area (Å²) in [5, 5.41) is 0. The van der Waals surface area contributed by atoms with Crippen molar-refractivity contribution in [2.75, 3.05) is 13.2 Å². The van der Waals surface area contributed by atoms with Crippen molar-refractivity contribution < 1.29 is 4.74 Å². The Bertz CT molecular complexity index is 390. The third-order valence-electron chi connectivity index (χ3n) is 4.78. The van der Waals surface area contributed by atoms with Gasteiger partial charge >= 0.3 is 0 Å². The van der Waals surface area contributed by atoms with Crippen LogP contribution in [0.1, 0.15) is 57.4 Å². The summed E-state index contributed by atoms with van der Waals surface area (Å²) in [5.74, 6) is 2.03. The predicted molar refractivity (Wildman–Crippen MR) is 89.4 cm³/mol. The minimum Gasteiger partial charge on any atom is -0.381 e. The molecular weight excluding hydrogens is 258 g/mol. The molecule has 0 radical (unpaired) electrons. The molecule has 1 fully saturated rings. The normalized spacial score (nSPS) is 26.2. The highest BCUT2D eigenvalue weighted by Crippen LogP contribution is 2.36. The van der Waals surface area contributed by atoms with Gasteiger partial charge in [-0.1, -0.05) is 44.2 Å². The van der Waals surface area contributed by atoms with E-state index in [0.717, 1.165) is 38.4 Å². The summed E-state index contributed by atoms with van der Waals surface area (Å²) in [7, 11) is 0. The van der Waals surface area contributed by atoms with E-state index in [9.17, 15) is 0 Å². The number of nitrogens with two attached hydrogens (primary N) is 1. The Kier molecular flexibility index (Phi) is 6.72. The molecule has 0 bridgehead atoms. The van der Waals surface area contributed by atoms with Gasteiger partial charge in [-0.15, -0.1) is 0 Å². The molecule has 1 aromatic rings. The highest BCUT2D eigenvalue weighted by molar-refractivity contribution is 5.20. The van der Waals surface area contributed by atoms with Crippen molar-refractivity contribution in [3.05, 3.63) is 35.9 Å². The van der Waals surface area contributed by atoms with Crippen LogP contribution >= 0.6 is 0 Å². The van der Waals surface area contributed by atoms with Crippen molar-refractivity contribution in [1.29, 1.82) is 0 Å². The molecule has 1 saturated carbocycles. The van der Waals surface area contributed by atoms with Crippen molar-refractivity contribution in [3.8, 4) is 0 Å². The standard InChI is InChI=1S/C19H31NO/c1-15(2)10-12-21-13-11-18-14-17(8-9-19(18)20)16-6-4-3-5-7-16/h3-7,15,17-19H,8-14,20H2,1-2H3. The lowest BCUT2D eigenvalue weighted by Crippen LogP contribution is -2.36. The summed E-state index contributed by atoms with van der Waals surface area (Å²) >= 11 is 0. The lowest BCUT2D eigenvalue weighted by atomic mass is 9.74. The van der Waals surface area contributed by atoms with Crippen LogP contribution in [-0.2, 0) is 4.74 Å². The first-order valence-electron chi connectivity index (χ1n) is 8.55. The Labute approximate surface area is 130 Å². The predicted octanol–water partition coefficient (Wildman–Crippen LogP) is 4.35. The Morgan fingerprint density at radius 1 is 1.14 bits per heavy atom. The topological polar surface area (TPSA) is 35.2 Å². The largest absolute Gasteiger partial charge is 0.381 e. The first kappa shape index (κ1) is 16.5. The molecule has 0 aromatic heterocycles. The molecule has 0 amide bonds. The molecule has 118 valence electrons. The third kappa shape index (κ3) is 5.44. The number of rotatable bonds is 7. The zero-order valence-corrected chi connectivity index (χ0v) is 13.6. The maximum atomic E-state index is 6.33. The van der Waals surface area contributed by atoms with Crippen LogP contribution in [-0.4, -0.2) is 19.3 Å². The van der Waals surface area contributed by atoms with Crippen LogP contribution < -0.4 is 5.73 Å². The smallest absolute Gasteiger partial charge is 0.0469 e. The second kappa shape index (κ2) is 8.55. The van der Waals surface area contributed by atoms with E-state index in [1.165, 1.54) is 18.4 Å². The minimum atomic E-state index is 0.360. The van der Waals surface area contributed by atoms with Crippen LogP contribution in [0.3, 0.4) is 0 Å². The summed E-state index contributed by atoms with van der Waals surface area (Å²) in [6.07, 6.45) is 5.87. The third-order valence-corrected chi connectivity index (χ3v) is 4.78. The fraction of sp³-hybridized carbons (Fsp3) is 0.684. The number of ether oxygens (including phenoxy) is 1. The summed E-state index contributed by atoms with van der Waals surface area (Å²) in [4.78, 5) is 0. The summed E-state index contributed by atoms with van der Waals surface area (Å²) in [6, 6.07) is 11.3. The van der Waals surface area contributed by atoms with Crippen molar-refractivity contribution in [3.63, 3.8) is 0 Å². The average molecular weight is 289 g/mol. The molecule has 3 unspecified atom stereocenters. The maximum absolute atomic E-state index is 6.33. The van der Waals surface area contributed by atoms with Gasteiger partial charge in [0, 0.05) is 19.3 Å². The molecule has 2 N–H and O–H groups in total. The van der Waals surface area contributed by atoms with Gasteiger partial charge in [-0.25, -0.2) is 0 Å². The van der Waals surface area contributed by atoms with Crippen LogP contribution in [0, 0.1) is 11.8 Å². The Morgan fingerprint density at radius 2 is 1.90 bits per heavy atom. The monoisotopic (exact) mass is 289 g/mol. The van der Waals surface area contributed by atoms with E-state index in [-0.39, 0.29) is 0 Å². The van der Waals surface area contributed by atoms with Gasteiger partial charge in [0.05, 0.1) is 0 Å². The maximum Gasteiger partial charge on any atom is 0.0469 e. The van der Waals surface area contributed by atoms with Crippen LogP contribution in [0.15, 0.2) is 30.3 Å². The van der Waals surface area contributed by atoms with Crippen LogP contribution in [0.2, 0.25) is 0 Å². The van der Waals surface area contributed by atoms with E-state index >= 15 is 0 Å². The van der Waals surface area contributed by atoms with E-state index in [0.29, 0.717) is 17.9 Å². The van der Waals surface area contributed by atoms with E-state index in [1.807, 2.05) is 0 Å². The molecule has 0 spiro atoms. The number of hydrogen-bond acceptors (Lipinski definition) is 2. The van der Waals surface area contributed by atoms with E-state index < -0.39 is 0 Å². The molecule has 2 nitrogen and oxygen atoms in total. The molecule has 2 heteroatoms. The Morgan fingerprint density at radius 3 is 2.62 bits per heavy atom. The minimum absolute atomic E-state index is 0.360. The van der Waals surface area contributed by atoms with Gasteiger partial charge in [0.2, 0.25) is 0 Å². The van der Waals surface area contributed by atoms with E-state index in [1.54, 1.807) is 0 Å². The van der Waals surface area contributed by atoms with Gasteiger partial charge in [-0.2, -0.15) is 0 Å². The second-order valence-electron chi connectivity index (χ2n) is 6.93. The van der Waals surface area contributed by atoms with Gasteiger partial charge in [0.25, 0.3) is 0 Å². The fourth-order valence-corrected chi connectivity index (χ4v) is 3.30. The first-order chi connectivity index (χ1) is 10.2. The summed E-state index contributed by atoms with van der Waals surface area (Å²) < 4.78 is 5.78. The van der Waals surface area contributed by atoms with Crippen molar-refractivity contribution in [2.45, 2.75) is 57.9 Å². The number of hydrogen-bond donors (Lipinski definition) is 1. The number of benzene rings is 1. The molecule has 0 heterocycles. The van der Waals surface area contributed by atoms with Gasteiger partial charge < -0.3 is 10.5 Å². The zero-order valence-electron chi connectivity index (χ0n) is 13.6. The van der Waals surface area contributed by atoms with E-state index in [2.05, 4.69) is 44.2 Å². The van der Waals surface area contributed by atoms with Gasteiger partial charge in [0.15, 0.2) is 0 Å². The Hall–Kier alpha value is -0.860. The Balaban J connectivity index is 1.76.